The lowest BCUT2D eigenvalue weighted by molar-refractivity contribution is -0.143. The van der Waals surface area contributed by atoms with E-state index in [0.717, 1.165) is 65.8 Å². The Bertz CT molecular complexity index is 1950. The summed E-state index contributed by atoms with van der Waals surface area (Å²) in [7, 11) is 1.94. The van der Waals surface area contributed by atoms with Crippen LogP contribution >= 0.6 is 11.3 Å². The number of amides is 2. The Morgan fingerprint density at radius 1 is 0.792 bits per heavy atom. The molecule has 6 rings (SSSR count). The molecule has 0 bridgehead atoms. The highest BCUT2D eigenvalue weighted by Crippen LogP contribution is 2.39. The number of nitrogens with one attached hydrogen (secondary N) is 2. The van der Waals surface area contributed by atoms with Crippen molar-refractivity contribution in [1.29, 1.82) is 0 Å². The minimum absolute atomic E-state index is 0.241. The second-order valence-electron chi connectivity index (χ2n) is 14.5. The molecule has 2 amide bonds. The van der Waals surface area contributed by atoms with Crippen LogP contribution in [-0.2, 0) is 30.7 Å². The molecular weight excluding hydrogens is 689 g/mol. The van der Waals surface area contributed by atoms with E-state index >= 15 is 0 Å². The monoisotopic (exact) mass is 736 g/mol. The maximum atomic E-state index is 13.9. The Morgan fingerprint density at radius 3 is 2.15 bits per heavy atom. The van der Waals surface area contributed by atoms with Crippen molar-refractivity contribution in [3.8, 4) is 0 Å². The zero-order chi connectivity index (χ0) is 37.6. The summed E-state index contributed by atoms with van der Waals surface area (Å²) in [6, 6.07) is 22.6. The molecule has 278 valence electrons. The molecule has 10 nitrogen and oxygen atoms in total. The number of benzene rings is 3. The van der Waals surface area contributed by atoms with Crippen LogP contribution in [0.2, 0.25) is 0 Å². The van der Waals surface area contributed by atoms with Crippen molar-refractivity contribution in [2.24, 2.45) is 5.92 Å². The number of carbonyl (C=O) groups is 4. The number of thiophene rings is 1. The normalized spacial score (nSPS) is 16.9. The highest BCUT2D eigenvalue weighted by atomic mass is 32.1. The minimum atomic E-state index is -0.959. The number of nitrogens with zero attached hydrogens (tertiary/aromatic N) is 2. The average molecular weight is 737 g/mol. The van der Waals surface area contributed by atoms with Crippen LogP contribution in [0.15, 0.2) is 72.8 Å². The lowest BCUT2D eigenvalue weighted by Crippen LogP contribution is -2.42. The fourth-order valence-electron chi connectivity index (χ4n) is 7.59. The van der Waals surface area contributed by atoms with Crippen molar-refractivity contribution in [2.45, 2.75) is 90.4 Å². The minimum Gasteiger partial charge on any atom is -0.481 e. The van der Waals surface area contributed by atoms with Gasteiger partial charge in [0.25, 0.3) is 11.8 Å². The molecule has 1 fully saturated rings. The van der Waals surface area contributed by atoms with E-state index in [9.17, 15) is 29.4 Å². The van der Waals surface area contributed by atoms with E-state index in [1.54, 1.807) is 30.3 Å². The number of fused-ring (bicyclic) bond motifs is 1. The third-order valence-electron chi connectivity index (χ3n) is 10.5. The van der Waals surface area contributed by atoms with Gasteiger partial charge in [0.2, 0.25) is 0 Å². The Balaban J connectivity index is 1.13. The summed E-state index contributed by atoms with van der Waals surface area (Å²) in [4.78, 5) is 56.0. The SMILES string of the molecule is CC(C)N(Cc1cccc(C(=O)Nc2sc3c(c2C(=O)Nc2ccc(CN(C)c4ccc(C(=O)O)cc4)cc2)CCCC3)c1)C1CCC(C(=O)O)CC1. The second kappa shape index (κ2) is 16.8. The van der Waals surface area contributed by atoms with Gasteiger partial charge in [-0.2, -0.15) is 0 Å². The van der Waals surface area contributed by atoms with E-state index < -0.39 is 11.9 Å². The molecule has 0 aliphatic heterocycles. The van der Waals surface area contributed by atoms with Gasteiger partial charge in [0.1, 0.15) is 5.00 Å². The van der Waals surface area contributed by atoms with E-state index in [-0.39, 0.29) is 29.3 Å². The van der Waals surface area contributed by atoms with Crippen molar-refractivity contribution in [3.63, 3.8) is 0 Å². The molecule has 53 heavy (non-hydrogen) atoms. The molecule has 4 aromatic rings. The maximum absolute atomic E-state index is 13.9. The number of hydrogen-bond donors (Lipinski definition) is 4. The number of aryl methyl sites for hydroxylation is 1. The lowest BCUT2D eigenvalue weighted by Gasteiger charge is -2.38. The fourth-order valence-corrected chi connectivity index (χ4v) is 8.87. The van der Waals surface area contributed by atoms with Crippen molar-refractivity contribution in [2.75, 3.05) is 22.6 Å². The number of rotatable bonds is 13. The number of aliphatic carboxylic acids is 1. The third kappa shape index (κ3) is 9.15. The third-order valence-corrected chi connectivity index (χ3v) is 11.8. The molecule has 0 unspecified atom stereocenters. The van der Waals surface area contributed by atoms with Gasteiger partial charge in [0, 0.05) is 54.0 Å². The van der Waals surface area contributed by atoms with Gasteiger partial charge in [0.05, 0.1) is 17.0 Å². The predicted octanol–water partition coefficient (Wildman–Crippen LogP) is 8.32. The predicted molar refractivity (Wildman–Crippen MR) is 209 cm³/mol. The first-order valence-electron chi connectivity index (χ1n) is 18.4. The molecule has 0 spiro atoms. The van der Waals surface area contributed by atoms with Gasteiger partial charge in [0.15, 0.2) is 0 Å². The van der Waals surface area contributed by atoms with E-state index in [1.165, 1.54) is 11.3 Å². The fraction of sp³-hybridized carbons (Fsp3) is 0.381. The molecule has 1 aromatic heterocycles. The summed E-state index contributed by atoms with van der Waals surface area (Å²) in [5.41, 5.74) is 5.90. The second-order valence-corrected chi connectivity index (χ2v) is 15.6. The maximum Gasteiger partial charge on any atom is 0.335 e. The van der Waals surface area contributed by atoms with Crippen LogP contribution in [-0.4, -0.2) is 58.0 Å². The van der Waals surface area contributed by atoms with E-state index in [1.807, 2.05) is 54.4 Å². The van der Waals surface area contributed by atoms with E-state index in [0.29, 0.717) is 53.8 Å². The highest BCUT2D eigenvalue weighted by molar-refractivity contribution is 7.17. The van der Waals surface area contributed by atoms with Gasteiger partial charge >= 0.3 is 11.9 Å². The zero-order valence-electron chi connectivity index (χ0n) is 30.6. The van der Waals surface area contributed by atoms with E-state index in [4.69, 9.17) is 0 Å². The van der Waals surface area contributed by atoms with E-state index in [2.05, 4.69) is 29.4 Å². The smallest absolute Gasteiger partial charge is 0.335 e. The number of aromatic carboxylic acids is 1. The number of carboxylic acids is 2. The topological polar surface area (TPSA) is 139 Å². The summed E-state index contributed by atoms with van der Waals surface area (Å²) in [5, 5.41) is 25.4. The first-order chi connectivity index (χ1) is 25.5. The standard InChI is InChI=1S/C42H48N4O6S/c1-26(2)46(34-21-15-30(16-22-34)42(51)52)25-28-7-6-8-31(23-28)38(47)44-40-37(35-9-4-5-10-36(35)53-40)39(48)43-32-17-11-27(12-18-32)24-45(3)33-19-13-29(14-20-33)41(49)50/h6-8,11-14,17-20,23,26,30,34H,4-5,9-10,15-16,21-22,24-25H2,1-3H3,(H,43,48)(H,44,47)(H,49,50)(H,51,52). The molecule has 3 aromatic carbocycles. The van der Waals surface area contributed by atoms with Crippen molar-refractivity contribution >= 4 is 51.5 Å². The van der Waals surface area contributed by atoms with Crippen LogP contribution in [0.4, 0.5) is 16.4 Å². The summed E-state index contributed by atoms with van der Waals surface area (Å²) in [5.74, 6) is -2.44. The highest BCUT2D eigenvalue weighted by Gasteiger charge is 2.31. The molecule has 0 radical (unpaired) electrons. The van der Waals surface area contributed by atoms with Crippen molar-refractivity contribution in [3.05, 3.63) is 111 Å². The Kier molecular flexibility index (Phi) is 11.9. The molecule has 1 heterocycles. The van der Waals surface area contributed by atoms with Crippen LogP contribution < -0.4 is 15.5 Å². The summed E-state index contributed by atoms with van der Waals surface area (Å²) < 4.78 is 0. The van der Waals surface area contributed by atoms with Crippen LogP contribution in [0, 0.1) is 5.92 Å². The molecule has 11 heteroatoms. The van der Waals surface area contributed by atoms with Crippen LogP contribution in [0.3, 0.4) is 0 Å². The number of carboxylic acid groups (broad SMARTS) is 2. The quantitative estimate of drug-likeness (QED) is 0.108. The Hall–Kier alpha value is -5.00. The van der Waals surface area contributed by atoms with Crippen LogP contribution in [0.25, 0.3) is 0 Å². The average Bonchev–Trinajstić information content (AvgIpc) is 3.52. The molecule has 1 saturated carbocycles. The molecule has 0 saturated heterocycles. The number of hydrogen-bond acceptors (Lipinski definition) is 7. The van der Waals surface area contributed by atoms with Crippen molar-refractivity contribution in [1.82, 2.24) is 4.90 Å². The number of anilines is 3. The van der Waals surface area contributed by atoms with Gasteiger partial charge in [-0.1, -0.05) is 24.3 Å². The Morgan fingerprint density at radius 2 is 1.49 bits per heavy atom. The largest absolute Gasteiger partial charge is 0.481 e. The van der Waals surface area contributed by atoms with Gasteiger partial charge in [-0.05, 0) is 130 Å². The molecule has 4 N–H and O–H groups in total. The Labute approximate surface area is 314 Å². The van der Waals surface area contributed by atoms with Crippen LogP contribution in [0.5, 0.6) is 0 Å². The summed E-state index contributed by atoms with van der Waals surface area (Å²) in [6.45, 7) is 5.58. The zero-order valence-corrected chi connectivity index (χ0v) is 31.4. The summed E-state index contributed by atoms with van der Waals surface area (Å²) in [6.07, 6.45) is 6.77. The molecule has 2 aliphatic carbocycles. The molecule has 0 atom stereocenters. The van der Waals surface area contributed by atoms with Crippen molar-refractivity contribution < 1.29 is 29.4 Å². The van der Waals surface area contributed by atoms with Gasteiger partial charge in [-0.25, -0.2) is 4.79 Å². The number of carbonyl (C=O) groups excluding carboxylic acids is 2. The van der Waals surface area contributed by atoms with Gasteiger partial charge in [-0.3, -0.25) is 19.3 Å². The van der Waals surface area contributed by atoms with Gasteiger partial charge in [-0.15, -0.1) is 11.3 Å². The molecular formula is C42H48N4O6S. The van der Waals surface area contributed by atoms with Gasteiger partial charge < -0.3 is 25.7 Å². The molecule has 2 aliphatic rings. The van der Waals surface area contributed by atoms with Crippen LogP contribution in [0.1, 0.15) is 105 Å². The summed E-state index contributed by atoms with van der Waals surface area (Å²) >= 11 is 1.49. The first-order valence-corrected chi connectivity index (χ1v) is 19.3. The first kappa shape index (κ1) is 37.7. The lowest BCUT2D eigenvalue weighted by atomic mass is 9.85.